The smallest absolute Gasteiger partial charge is 0.253 e. The molecule has 5 rings (SSSR count). The predicted octanol–water partition coefficient (Wildman–Crippen LogP) is 5.95. The fourth-order valence-corrected chi connectivity index (χ4v) is 5.85. The van der Waals surface area contributed by atoms with E-state index < -0.39 is 0 Å². The third-order valence-corrected chi connectivity index (χ3v) is 7.70. The quantitative estimate of drug-likeness (QED) is 0.352. The van der Waals surface area contributed by atoms with Crippen LogP contribution in [0.4, 0.5) is 0 Å². The van der Waals surface area contributed by atoms with Crippen molar-refractivity contribution in [3.63, 3.8) is 0 Å². The van der Waals surface area contributed by atoms with Gasteiger partial charge in [-0.2, -0.15) is 5.10 Å². The Morgan fingerprint density at radius 1 is 1.14 bits per heavy atom. The van der Waals surface area contributed by atoms with E-state index >= 15 is 0 Å². The maximum absolute atomic E-state index is 12.3. The summed E-state index contributed by atoms with van der Waals surface area (Å²) in [4.78, 5) is 18.5. The van der Waals surface area contributed by atoms with Gasteiger partial charge in [0, 0.05) is 60.1 Å². The molecule has 0 unspecified atom stereocenters. The van der Waals surface area contributed by atoms with Crippen molar-refractivity contribution >= 4 is 10.9 Å². The van der Waals surface area contributed by atoms with Crippen LogP contribution in [-0.2, 0) is 20.1 Å². The molecule has 0 atom stereocenters. The number of piperidine rings is 1. The van der Waals surface area contributed by atoms with Gasteiger partial charge in [0.2, 0.25) is 0 Å². The monoisotopic (exact) mass is 485 g/mol. The first kappa shape index (κ1) is 24.6. The summed E-state index contributed by atoms with van der Waals surface area (Å²) in [5.74, 6) is 0.962. The normalized spacial score (nSPS) is 15.4. The van der Waals surface area contributed by atoms with Crippen molar-refractivity contribution < 1.29 is 0 Å². The van der Waals surface area contributed by atoms with Gasteiger partial charge in [-0.05, 0) is 80.4 Å². The van der Waals surface area contributed by atoms with Crippen LogP contribution in [0.2, 0.25) is 0 Å². The van der Waals surface area contributed by atoms with E-state index in [4.69, 9.17) is 0 Å². The van der Waals surface area contributed by atoms with Crippen LogP contribution in [0.3, 0.4) is 0 Å². The minimum atomic E-state index is 0.0596. The van der Waals surface area contributed by atoms with Crippen LogP contribution in [0.15, 0.2) is 47.7 Å². The van der Waals surface area contributed by atoms with E-state index in [-0.39, 0.29) is 5.56 Å². The molecule has 0 bridgehead atoms. The predicted molar refractivity (Wildman–Crippen MR) is 148 cm³/mol. The van der Waals surface area contributed by atoms with Gasteiger partial charge in [-0.1, -0.05) is 26.8 Å². The second-order valence-corrected chi connectivity index (χ2v) is 10.9. The Morgan fingerprint density at radius 3 is 2.61 bits per heavy atom. The average molecular weight is 486 g/mol. The summed E-state index contributed by atoms with van der Waals surface area (Å²) in [7, 11) is 1.83. The van der Waals surface area contributed by atoms with E-state index in [1.165, 1.54) is 40.4 Å². The molecule has 4 heterocycles. The minimum absolute atomic E-state index is 0.0596. The highest BCUT2D eigenvalue weighted by Gasteiger charge is 2.23. The summed E-state index contributed by atoms with van der Waals surface area (Å²) in [5, 5.41) is 5.81. The summed E-state index contributed by atoms with van der Waals surface area (Å²) in [6.07, 6.45) is 9.66. The molecule has 6 nitrogen and oxygen atoms in total. The Hall–Kier alpha value is -3.12. The van der Waals surface area contributed by atoms with Crippen LogP contribution in [0.5, 0.6) is 0 Å². The highest BCUT2D eigenvalue weighted by atomic mass is 16.1. The zero-order chi connectivity index (χ0) is 25.4. The number of aromatic nitrogens is 4. The fourth-order valence-electron chi connectivity index (χ4n) is 5.85. The third kappa shape index (κ3) is 4.79. The number of rotatable bonds is 7. The maximum Gasteiger partial charge on any atom is 0.253 e. The van der Waals surface area contributed by atoms with E-state index in [0.29, 0.717) is 11.8 Å². The number of pyridine rings is 1. The molecule has 1 saturated heterocycles. The first-order valence-corrected chi connectivity index (χ1v) is 13.4. The minimum Gasteiger partial charge on any atom is -0.354 e. The van der Waals surface area contributed by atoms with Gasteiger partial charge in [0.05, 0.1) is 11.9 Å². The van der Waals surface area contributed by atoms with Gasteiger partial charge >= 0.3 is 0 Å². The number of nitrogens with one attached hydrogen (secondary N) is 1. The molecule has 1 N–H and O–H groups in total. The Kier molecular flexibility index (Phi) is 6.89. The SMILES string of the molecule is CCCn1cc(CN2CCC(c3ccc4[nH]c(-c5cc(C)c(=O)n(C)c5)c(C(C)C)c4c3)CC2)cn1. The number of nitrogens with zero attached hydrogens (tertiary/aromatic N) is 4. The van der Waals surface area contributed by atoms with Gasteiger partial charge in [-0.3, -0.25) is 14.4 Å². The summed E-state index contributed by atoms with van der Waals surface area (Å²) in [5.41, 5.74) is 8.32. The lowest BCUT2D eigenvalue weighted by Gasteiger charge is -2.32. The molecule has 6 heteroatoms. The number of fused-ring (bicyclic) bond motifs is 1. The largest absolute Gasteiger partial charge is 0.354 e. The lowest BCUT2D eigenvalue weighted by Crippen LogP contribution is -2.32. The topological polar surface area (TPSA) is 58.9 Å². The van der Waals surface area contributed by atoms with Crippen LogP contribution in [0.1, 0.15) is 74.1 Å². The summed E-state index contributed by atoms with van der Waals surface area (Å²) < 4.78 is 3.75. The third-order valence-electron chi connectivity index (χ3n) is 7.70. The van der Waals surface area contributed by atoms with Crippen LogP contribution < -0.4 is 5.56 Å². The highest BCUT2D eigenvalue weighted by molar-refractivity contribution is 5.92. The molecule has 1 fully saturated rings. The summed E-state index contributed by atoms with van der Waals surface area (Å²) in [6, 6.07) is 9.01. The van der Waals surface area contributed by atoms with E-state index in [9.17, 15) is 4.79 Å². The maximum atomic E-state index is 12.3. The highest BCUT2D eigenvalue weighted by Crippen LogP contribution is 2.38. The molecular weight excluding hydrogens is 446 g/mol. The average Bonchev–Trinajstić information content (AvgIpc) is 3.46. The summed E-state index contributed by atoms with van der Waals surface area (Å²) in [6.45, 7) is 12.8. The second-order valence-electron chi connectivity index (χ2n) is 10.9. The fraction of sp³-hybridized carbons (Fsp3) is 0.467. The van der Waals surface area contributed by atoms with Crippen molar-refractivity contribution in [3.8, 4) is 11.3 Å². The van der Waals surface area contributed by atoms with Crippen LogP contribution in [0.25, 0.3) is 22.2 Å². The zero-order valence-electron chi connectivity index (χ0n) is 22.3. The van der Waals surface area contributed by atoms with Crippen LogP contribution >= 0.6 is 0 Å². The van der Waals surface area contributed by atoms with Gasteiger partial charge in [-0.15, -0.1) is 0 Å². The van der Waals surface area contributed by atoms with Crippen molar-refractivity contribution in [3.05, 3.63) is 75.5 Å². The van der Waals surface area contributed by atoms with Crippen molar-refractivity contribution in [1.29, 1.82) is 0 Å². The van der Waals surface area contributed by atoms with Crippen molar-refractivity contribution in [1.82, 2.24) is 24.2 Å². The molecule has 0 saturated carbocycles. The number of aryl methyl sites for hydroxylation is 3. The van der Waals surface area contributed by atoms with Crippen molar-refractivity contribution in [2.75, 3.05) is 13.1 Å². The molecule has 1 aromatic carbocycles. The Labute approximate surface area is 213 Å². The number of hydrogen-bond acceptors (Lipinski definition) is 3. The molecular formula is C30H39N5O. The van der Waals surface area contributed by atoms with E-state index in [2.05, 4.69) is 64.8 Å². The van der Waals surface area contributed by atoms with Gasteiger partial charge in [0.15, 0.2) is 0 Å². The second kappa shape index (κ2) is 10.1. The van der Waals surface area contributed by atoms with Crippen LogP contribution in [0, 0.1) is 6.92 Å². The van der Waals surface area contributed by atoms with Gasteiger partial charge in [0.25, 0.3) is 5.56 Å². The number of likely N-dealkylation sites (tertiary alicyclic amines) is 1. The lowest BCUT2D eigenvalue weighted by atomic mass is 9.87. The van der Waals surface area contributed by atoms with Crippen LogP contribution in [-0.4, -0.2) is 37.3 Å². The molecule has 0 aliphatic carbocycles. The van der Waals surface area contributed by atoms with E-state index in [0.717, 1.165) is 49.4 Å². The first-order chi connectivity index (χ1) is 17.3. The number of H-pyrrole nitrogens is 1. The Bertz CT molecular complexity index is 1390. The lowest BCUT2D eigenvalue weighted by molar-refractivity contribution is 0.204. The molecule has 1 aliphatic heterocycles. The summed E-state index contributed by atoms with van der Waals surface area (Å²) >= 11 is 0. The molecule has 0 spiro atoms. The Balaban J connectivity index is 1.37. The molecule has 190 valence electrons. The van der Waals surface area contributed by atoms with Crippen molar-refractivity contribution in [2.24, 2.45) is 7.05 Å². The molecule has 36 heavy (non-hydrogen) atoms. The number of hydrogen-bond donors (Lipinski definition) is 1. The van der Waals surface area contributed by atoms with Crippen molar-refractivity contribution in [2.45, 2.75) is 71.9 Å². The van der Waals surface area contributed by atoms with Gasteiger partial charge in [-0.25, -0.2) is 0 Å². The molecule has 4 aromatic rings. The molecule has 1 aliphatic rings. The van der Waals surface area contributed by atoms with E-state index in [1.54, 1.807) is 4.57 Å². The van der Waals surface area contributed by atoms with Gasteiger partial charge in [0.1, 0.15) is 0 Å². The number of aromatic amines is 1. The first-order valence-electron chi connectivity index (χ1n) is 13.4. The molecule has 3 aromatic heterocycles. The standard InChI is InChI=1S/C30H39N5O/c1-6-11-35-18-22(16-31-35)17-34-12-9-23(10-13-34)24-7-8-27-26(15-24)28(20(2)3)29(32-27)25-14-21(4)30(36)33(5)19-25/h7-8,14-16,18-20,23,32H,6,9-13,17H2,1-5H3. The Morgan fingerprint density at radius 2 is 1.92 bits per heavy atom. The molecule has 0 radical (unpaired) electrons. The van der Waals surface area contributed by atoms with E-state index in [1.807, 2.05) is 32.4 Å². The number of benzene rings is 1. The van der Waals surface area contributed by atoms with Gasteiger partial charge < -0.3 is 9.55 Å². The zero-order valence-corrected chi connectivity index (χ0v) is 22.3. The molecule has 0 amide bonds.